The van der Waals surface area contributed by atoms with Gasteiger partial charge in [-0.05, 0) is 94.5 Å². The Balaban J connectivity index is 0. The van der Waals surface area contributed by atoms with Crippen molar-refractivity contribution in [2.24, 2.45) is 16.4 Å². The van der Waals surface area contributed by atoms with Crippen LogP contribution in [0.25, 0.3) is 0 Å². The number of likely N-dealkylation sites (tertiary alicyclic amines) is 1. The maximum atomic E-state index is 8.70. The van der Waals surface area contributed by atoms with Gasteiger partial charge in [-0.15, -0.1) is 8.58 Å². The van der Waals surface area contributed by atoms with Gasteiger partial charge in [-0.3, -0.25) is 4.90 Å². The van der Waals surface area contributed by atoms with Crippen molar-refractivity contribution < 1.29 is 32.3 Å². The zero-order valence-corrected chi connectivity index (χ0v) is 34.1. The summed E-state index contributed by atoms with van der Waals surface area (Å²) in [6.45, 7) is 27.6. The fourth-order valence-electron chi connectivity index (χ4n) is 5.80. The zero-order chi connectivity index (χ0) is 30.3. The number of nitriles is 1. The fraction of sp³-hybridized carbons (Fsp3) is 0.600. The molecule has 2 heterocycles. The smallest absolute Gasteiger partial charge is 0.0940 e. The second-order valence-corrected chi connectivity index (χ2v) is 13.9. The van der Waals surface area contributed by atoms with E-state index in [0.29, 0.717) is 16.5 Å². The summed E-state index contributed by atoms with van der Waals surface area (Å²) in [5, 5.41) is 18.8. The van der Waals surface area contributed by atoms with Gasteiger partial charge >= 0.3 is 0 Å². The number of nitrogens with zero attached hydrogens (tertiary/aromatic N) is 4. The first-order chi connectivity index (χ1) is 19.0. The van der Waals surface area contributed by atoms with Crippen LogP contribution in [0.15, 0.2) is 52.3 Å². The molecule has 0 spiro atoms. The van der Waals surface area contributed by atoms with Crippen LogP contribution in [0.1, 0.15) is 98.2 Å². The Kier molecular flexibility index (Phi) is 22.0. The second kappa shape index (κ2) is 21.5. The van der Waals surface area contributed by atoms with E-state index in [1.807, 2.05) is 11.6 Å². The predicted molar refractivity (Wildman–Crippen MR) is 185 cm³/mol. The third kappa shape index (κ3) is 13.6. The van der Waals surface area contributed by atoms with Crippen molar-refractivity contribution in [1.82, 2.24) is 9.58 Å². The molecule has 1 aromatic rings. The number of aromatic nitrogens is 1. The average molecular weight is 812 g/mol. The molecule has 3 rings (SSSR count). The summed E-state index contributed by atoms with van der Waals surface area (Å²) in [6, 6.07) is 4.52. The SMILES string of the molecule is C=N.C=Nn1cc(CC(C)(C)PC)cc1CN1CCC(CC)(CCC)C1.CCC1=CCC(/C=C(\C)C#N)C(C)=C1.[CH3-].[Pa]. The van der Waals surface area contributed by atoms with Crippen molar-refractivity contribution in [1.29, 1.82) is 10.7 Å². The third-order valence-corrected chi connectivity index (χ3v) is 10.0. The summed E-state index contributed by atoms with van der Waals surface area (Å²) in [5.74, 6) is 0.435. The molecular formula is C35H59N5PPa-. The van der Waals surface area contributed by atoms with Gasteiger partial charge in [0, 0.05) is 69.8 Å². The van der Waals surface area contributed by atoms with E-state index in [1.165, 1.54) is 61.2 Å². The minimum absolute atomic E-state index is 0. The van der Waals surface area contributed by atoms with Gasteiger partial charge in [0.05, 0.1) is 11.8 Å². The maximum Gasteiger partial charge on any atom is 0.0940 e. The summed E-state index contributed by atoms with van der Waals surface area (Å²) in [6.07, 6.45) is 17.3. The maximum absolute atomic E-state index is 8.70. The van der Waals surface area contributed by atoms with Crippen LogP contribution in [0.5, 0.6) is 0 Å². The number of rotatable bonds is 11. The van der Waals surface area contributed by atoms with E-state index in [1.54, 1.807) is 0 Å². The molecule has 1 radical (unpaired) electrons. The van der Waals surface area contributed by atoms with Crippen LogP contribution in [0, 0.1) is 67.8 Å². The molecule has 7 heteroatoms. The first-order valence-corrected chi connectivity index (χ1v) is 16.4. The van der Waals surface area contributed by atoms with Crippen molar-refractivity contribution in [3.05, 3.63) is 65.9 Å². The summed E-state index contributed by atoms with van der Waals surface area (Å²) < 4.78 is 2.00. The molecule has 1 fully saturated rings. The Morgan fingerprint density at radius 2 is 1.98 bits per heavy atom. The number of nitrogens with one attached hydrogen (secondary N) is 1. The predicted octanol–water partition coefficient (Wildman–Crippen LogP) is 9.46. The van der Waals surface area contributed by atoms with Gasteiger partial charge in [0.15, 0.2) is 0 Å². The molecule has 5 nitrogen and oxygen atoms in total. The topological polar surface area (TPSA) is 68.2 Å². The van der Waals surface area contributed by atoms with Gasteiger partial charge in [-0.2, -0.15) is 10.4 Å². The molecule has 1 saturated heterocycles. The third-order valence-electron chi connectivity index (χ3n) is 8.51. The fourth-order valence-corrected chi connectivity index (χ4v) is 6.18. The van der Waals surface area contributed by atoms with E-state index in [2.05, 4.69) is 108 Å². The molecule has 1 aliphatic heterocycles. The number of hydrogen-bond donors (Lipinski definition) is 1. The van der Waals surface area contributed by atoms with Crippen molar-refractivity contribution in [2.45, 2.75) is 105 Å². The summed E-state index contributed by atoms with van der Waals surface area (Å²) in [5.41, 5.74) is 6.84. The van der Waals surface area contributed by atoms with Gasteiger partial charge in [0.25, 0.3) is 0 Å². The number of hydrogen-bond acceptors (Lipinski definition) is 4. The van der Waals surface area contributed by atoms with Crippen LogP contribution in [-0.2, 0) is 13.0 Å². The Morgan fingerprint density at radius 1 is 1.31 bits per heavy atom. The van der Waals surface area contributed by atoms with E-state index in [0.717, 1.165) is 40.0 Å². The van der Waals surface area contributed by atoms with Crippen molar-refractivity contribution >= 4 is 22.0 Å². The minimum Gasteiger partial charge on any atom is -0.358 e. The molecule has 3 atom stereocenters. The van der Waals surface area contributed by atoms with Crippen LogP contribution < -0.4 is 0 Å². The van der Waals surface area contributed by atoms with E-state index in [-0.39, 0.29) is 39.7 Å². The van der Waals surface area contributed by atoms with E-state index in [4.69, 9.17) is 10.7 Å². The van der Waals surface area contributed by atoms with Crippen molar-refractivity contribution in [3.8, 4) is 6.07 Å². The first kappa shape index (κ1) is 42.9. The molecule has 3 unspecified atom stereocenters. The second-order valence-electron chi connectivity index (χ2n) is 12.0. The first-order valence-electron chi connectivity index (χ1n) is 14.9. The van der Waals surface area contributed by atoms with Gasteiger partial charge in [-0.1, -0.05) is 70.4 Å². The van der Waals surface area contributed by atoms with Crippen LogP contribution in [0.4, 0.5) is 0 Å². The molecular weight excluding hydrogens is 752 g/mol. The molecule has 0 amide bonds. The average Bonchev–Trinajstić information content (AvgIpc) is 3.54. The normalized spacial score (nSPS) is 20.5. The molecule has 1 N–H and O–H groups in total. The molecule has 42 heavy (non-hydrogen) atoms. The molecule has 0 aromatic carbocycles. The van der Waals surface area contributed by atoms with Crippen LogP contribution in [0.2, 0.25) is 0 Å². The summed E-state index contributed by atoms with van der Waals surface area (Å²) in [4.78, 5) is 2.62. The Bertz CT molecular complexity index is 1080. The van der Waals surface area contributed by atoms with Crippen molar-refractivity contribution in [2.75, 3.05) is 19.8 Å². The molecule has 2 aliphatic rings. The van der Waals surface area contributed by atoms with Gasteiger partial charge in [-0.25, -0.2) is 4.68 Å². The Morgan fingerprint density at radius 3 is 2.48 bits per heavy atom. The Labute approximate surface area is 286 Å². The van der Waals surface area contributed by atoms with E-state index < -0.39 is 0 Å². The zero-order valence-electron chi connectivity index (χ0n) is 28.3. The minimum atomic E-state index is 0. The molecule has 233 valence electrons. The Hall–Kier alpha value is -1.19. The summed E-state index contributed by atoms with van der Waals surface area (Å²) >= 11 is 0. The molecule has 0 saturated carbocycles. The monoisotopic (exact) mass is 811 g/mol. The quantitative estimate of drug-likeness (QED) is 0.105. The van der Waals surface area contributed by atoms with Crippen LogP contribution in [0.3, 0.4) is 0 Å². The van der Waals surface area contributed by atoms with Crippen LogP contribution in [-0.4, -0.2) is 47.9 Å². The summed E-state index contributed by atoms with van der Waals surface area (Å²) in [7, 11) is 0.949. The van der Waals surface area contributed by atoms with Crippen molar-refractivity contribution in [3.63, 3.8) is 0 Å². The number of allylic oxidation sites excluding steroid dienone is 6. The largest absolute Gasteiger partial charge is 0.358 e. The standard InChI is InChI=1S/C20H36N3P.C13H17N.CH3N.CH3.Pa/c1-7-9-20(8-2)10-11-22(16-20)15-18-12-17(14-23(18)21-5)13-19(3,4)24-6;1-4-12-5-6-13(11(3)8-12)7-10(2)9-14;1-2;;/h12,14,24H,5,7-11,13,15-16H2,1-4,6H3;5,7-8,13H,4,6H2,1-3H3;2H,1H2;1H3;/q;;;-1;/b;10-7+;;;. The van der Waals surface area contributed by atoms with Crippen LogP contribution >= 0.6 is 8.58 Å². The van der Waals surface area contributed by atoms with E-state index >= 15 is 0 Å². The molecule has 1 aliphatic carbocycles. The van der Waals surface area contributed by atoms with Gasteiger partial charge in [0.2, 0.25) is 0 Å². The van der Waals surface area contributed by atoms with Gasteiger partial charge in [0.1, 0.15) is 0 Å². The van der Waals surface area contributed by atoms with Gasteiger partial charge < -0.3 is 12.8 Å². The molecule has 1 aromatic heterocycles. The molecule has 0 bridgehead atoms. The van der Waals surface area contributed by atoms with E-state index in [9.17, 15) is 0 Å².